The number of hydrogen-bond acceptors (Lipinski definition) is 1. The number of thiocarbonyl (C=S) groups is 1. The third-order valence-corrected chi connectivity index (χ3v) is 4.55. The Morgan fingerprint density at radius 2 is 2.17 bits per heavy atom. The monoisotopic (exact) mass is 260 g/mol. The van der Waals surface area contributed by atoms with Gasteiger partial charge in [0.2, 0.25) is 0 Å². The van der Waals surface area contributed by atoms with Gasteiger partial charge in [0.1, 0.15) is 0 Å². The molecule has 0 heterocycles. The Balaban J connectivity index is 1.56. The summed E-state index contributed by atoms with van der Waals surface area (Å²) in [7, 11) is 0. The fraction of sp³-hybridized carbons (Fsp3) is 0.533. The summed E-state index contributed by atoms with van der Waals surface area (Å²) < 4.78 is 0. The van der Waals surface area contributed by atoms with Crippen LogP contribution in [0.15, 0.2) is 24.3 Å². The van der Waals surface area contributed by atoms with Gasteiger partial charge in [-0.3, -0.25) is 0 Å². The van der Waals surface area contributed by atoms with Gasteiger partial charge in [-0.1, -0.05) is 18.6 Å². The van der Waals surface area contributed by atoms with Crippen molar-refractivity contribution in [1.82, 2.24) is 5.32 Å². The zero-order valence-electron chi connectivity index (χ0n) is 10.8. The molecule has 2 fully saturated rings. The summed E-state index contributed by atoms with van der Waals surface area (Å²) in [4.78, 5) is 0. The Morgan fingerprint density at radius 3 is 2.83 bits per heavy atom. The predicted molar refractivity (Wildman–Crippen MR) is 79.8 cm³/mol. The zero-order valence-corrected chi connectivity index (χ0v) is 11.6. The third kappa shape index (κ3) is 2.51. The third-order valence-electron chi connectivity index (χ3n) is 4.33. The Bertz CT molecular complexity index is 458. The standard InChI is InChI=1S/C15H20N2S/c1-10-3-2-4-13(7-10)16-15(18)17-14-9-11-5-6-12(14)8-11/h2-4,7,11-12,14H,5-6,8-9H2,1H3,(H2,16,17,18)/t11-,12-,14-/m1/s1. The van der Waals surface area contributed by atoms with E-state index in [-0.39, 0.29) is 0 Å². The van der Waals surface area contributed by atoms with E-state index in [0.29, 0.717) is 6.04 Å². The second-order valence-electron chi connectivity index (χ2n) is 5.75. The lowest BCUT2D eigenvalue weighted by molar-refractivity contribution is 0.392. The van der Waals surface area contributed by atoms with Crippen molar-refractivity contribution >= 4 is 23.0 Å². The van der Waals surface area contributed by atoms with Crippen molar-refractivity contribution in [2.24, 2.45) is 11.8 Å². The van der Waals surface area contributed by atoms with E-state index < -0.39 is 0 Å². The Labute approximate surface area is 114 Å². The SMILES string of the molecule is Cc1cccc(NC(=S)N[C@@H]2C[C@@H]3CC[C@@H]2C3)c1. The van der Waals surface area contributed by atoms with Gasteiger partial charge in [0, 0.05) is 11.7 Å². The van der Waals surface area contributed by atoms with Crippen LogP contribution in [-0.2, 0) is 0 Å². The summed E-state index contributed by atoms with van der Waals surface area (Å²) in [5.41, 5.74) is 2.33. The van der Waals surface area contributed by atoms with Gasteiger partial charge in [0.05, 0.1) is 0 Å². The summed E-state index contributed by atoms with van der Waals surface area (Å²) in [5, 5.41) is 7.56. The van der Waals surface area contributed by atoms with Crippen LogP contribution in [0.4, 0.5) is 5.69 Å². The lowest BCUT2D eigenvalue weighted by Crippen LogP contribution is -2.40. The Kier molecular flexibility index (Phi) is 3.25. The zero-order chi connectivity index (χ0) is 12.5. The number of nitrogens with one attached hydrogen (secondary N) is 2. The van der Waals surface area contributed by atoms with Gasteiger partial charge in [-0.05, 0) is 67.9 Å². The fourth-order valence-corrected chi connectivity index (χ4v) is 3.75. The normalized spacial score (nSPS) is 29.3. The molecule has 0 saturated heterocycles. The maximum Gasteiger partial charge on any atom is 0.171 e. The number of hydrogen-bond donors (Lipinski definition) is 2. The molecule has 3 rings (SSSR count). The summed E-state index contributed by atoms with van der Waals surface area (Å²) in [6.45, 7) is 2.09. The molecule has 0 aliphatic heterocycles. The highest BCUT2D eigenvalue weighted by Gasteiger charge is 2.39. The van der Waals surface area contributed by atoms with Crippen LogP contribution in [0.5, 0.6) is 0 Å². The highest BCUT2D eigenvalue weighted by Crippen LogP contribution is 2.44. The molecule has 3 heteroatoms. The maximum absolute atomic E-state index is 5.41. The van der Waals surface area contributed by atoms with Crippen molar-refractivity contribution in [3.8, 4) is 0 Å². The van der Waals surface area contributed by atoms with Crippen molar-refractivity contribution in [3.05, 3.63) is 29.8 Å². The van der Waals surface area contributed by atoms with Gasteiger partial charge in [-0.2, -0.15) is 0 Å². The second-order valence-corrected chi connectivity index (χ2v) is 6.16. The molecule has 0 amide bonds. The van der Waals surface area contributed by atoms with E-state index in [4.69, 9.17) is 12.2 Å². The molecule has 0 spiro atoms. The van der Waals surface area contributed by atoms with Crippen molar-refractivity contribution < 1.29 is 0 Å². The van der Waals surface area contributed by atoms with Gasteiger partial charge in [-0.15, -0.1) is 0 Å². The summed E-state index contributed by atoms with van der Waals surface area (Å²) in [5.74, 6) is 1.81. The highest BCUT2D eigenvalue weighted by atomic mass is 32.1. The largest absolute Gasteiger partial charge is 0.359 e. The first-order chi connectivity index (χ1) is 8.70. The molecule has 1 aromatic carbocycles. The van der Waals surface area contributed by atoms with Gasteiger partial charge >= 0.3 is 0 Å². The summed E-state index contributed by atoms with van der Waals surface area (Å²) in [6.07, 6.45) is 5.53. The van der Waals surface area contributed by atoms with E-state index in [9.17, 15) is 0 Å². The van der Waals surface area contributed by atoms with Crippen LogP contribution in [-0.4, -0.2) is 11.2 Å². The molecule has 2 N–H and O–H groups in total. The average Bonchev–Trinajstić information content (AvgIpc) is 2.90. The van der Waals surface area contributed by atoms with Crippen LogP contribution < -0.4 is 10.6 Å². The topological polar surface area (TPSA) is 24.1 Å². The number of anilines is 1. The number of benzene rings is 1. The van der Waals surface area contributed by atoms with Crippen molar-refractivity contribution in [2.45, 2.75) is 38.6 Å². The molecular formula is C15H20N2S. The minimum absolute atomic E-state index is 0.605. The minimum atomic E-state index is 0.605. The quantitative estimate of drug-likeness (QED) is 0.796. The number of fused-ring (bicyclic) bond motifs is 2. The van der Waals surface area contributed by atoms with Crippen molar-refractivity contribution in [3.63, 3.8) is 0 Å². The number of rotatable bonds is 2. The molecule has 2 aliphatic carbocycles. The first kappa shape index (κ1) is 12.0. The van der Waals surface area contributed by atoms with E-state index in [0.717, 1.165) is 22.6 Å². The van der Waals surface area contributed by atoms with E-state index in [1.165, 1.54) is 31.2 Å². The molecule has 2 bridgehead atoms. The van der Waals surface area contributed by atoms with Crippen LogP contribution in [0.2, 0.25) is 0 Å². The molecule has 0 aromatic heterocycles. The van der Waals surface area contributed by atoms with Gasteiger partial charge in [0.15, 0.2) is 5.11 Å². The van der Waals surface area contributed by atoms with Crippen LogP contribution in [0, 0.1) is 18.8 Å². The lowest BCUT2D eigenvalue weighted by Gasteiger charge is -2.24. The Morgan fingerprint density at radius 1 is 1.28 bits per heavy atom. The molecule has 0 unspecified atom stereocenters. The molecular weight excluding hydrogens is 240 g/mol. The number of aryl methyl sites for hydroxylation is 1. The molecule has 2 saturated carbocycles. The van der Waals surface area contributed by atoms with Gasteiger partial charge in [-0.25, -0.2) is 0 Å². The minimum Gasteiger partial charge on any atom is -0.359 e. The fourth-order valence-electron chi connectivity index (χ4n) is 3.48. The summed E-state index contributed by atoms with van der Waals surface area (Å²) in [6, 6.07) is 8.93. The van der Waals surface area contributed by atoms with Crippen molar-refractivity contribution in [1.29, 1.82) is 0 Å². The van der Waals surface area contributed by atoms with E-state index in [2.05, 4.69) is 41.8 Å². The van der Waals surface area contributed by atoms with Crippen molar-refractivity contribution in [2.75, 3.05) is 5.32 Å². The second kappa shape index (κ2) is 4.88. The van der Waals surface area contributed by atoms with Crippen LogP contribution in [0.1, 0.15) is 31.2 Å². The molecule has 1 aromatic rings. The molecule has 0 radical (unpaired) electrons. The first-order valence-electron chi connectivity index (χ1n) is 6.85. The molecule has 2 nitrogen and oxygen atoms in total. The lowest BCUT2D eigenvalue weighted by atomic mass is 9.96. The van der Waals surface area contributed by atoms with E-state index in [1.807, 2.05) is 0 Å². The molecule has 96 valence electrons. The smallest absolute Gasteiger partial charge is 0.171 e. The van der Waals surface area contributed by atoms with E-state index in [1.54, 1.807) is 0 Å². The average molecular weight is 260 g/mol. The first-order valence-corrected chi connectivity index (χ1v) is 7.26. The van der Waals surface area contributed by atoms with Gasteiger partial charge in [0.25, 0.3) is 0 Å². The molecule has 2 aliphatic rings. The van der Waals surface area contributed by atoms with Crippen LogP contribution in [0.3, 0.4) is 0 Å². The van der Waals surface area contributed by atoms with Crippen LogP contribution in [0.25, 0.3) is 0 Å². The highest BCUT2D eigenvalue weighted by molar-refractivity contribution is 7.80. The predicted octanol–water partition coefficient (Wildman–Crippen LogP) is 3.47. The molecule has 3 atom stereocenters. The summed E-state index contributed by atoms with van der Waals surface area (Å²) >= 11 is 5.41. The van der Waals surface area contributed by atoms with E-state index >= 15 is 0 Å². The Hall–Kier alpha value is -1.09. The van der Waals surface area contributed by atoms with Gasteiger partial charge < -0.3 is 10.6 Å². The molecule has 18 heavy (non-hydrogen) atoms. The van der Waals surface area contributed by atoms with Crippen LogP contribution >= 0.6 is 12.2 Å². The maximum atomic E-state index is 5.41.